The van der Waals surface area contributed by atoms with Crippen molar-refractivity contribution in [2.75, 3.05) is 20.3 Å². The minimum atomic E-state index is 0.0262. The Morgan fingerprint density at radius 1 is 1.63 bits per heavy atom. The summed E-state index contributed by atoms with van der Waals surface area (Å²) in [6.07, 6.45) is 7.20. The Balaban J connectivity index is 1.74. The van der Waals surface area contributed by atoms with Crippen molar-refractivity contribution in [2.45, 2.75) is 31.8 Å². The zero-order valence-electron chi connectivity index (χ0n) is 11.5. The van der Waals surface area contributed by atoms with Crippen LogP contribution < -0.4 is 11.1 Å². The average molecular weight is 265 g/mol. The minimum Gasteiger partial charge on any atom is -0.385 e. The van der Waals surface area contributed by atoms with Crippen LogP contribution in [0.3, 0.4) is 0 Å². The third-order valence-electron chi connectivity index (χ3n) is 3.46. The molecule has 106 valence electrons. The van der Waals surface area contributed by atoms with Gasteiger partial charge in [0.1, 0.15) is 6.54 Å². The SMILES string of the molecule is COCCCNC(=O)Cn1ccc(C(N)C2CC2)c1. The van der Waals surface area contributed by atoms with Gasteiger partial charge in [0.15, 0.2) is 0 Å². The molecular weight excluding hydrogens is 242 g/mol. The lowest BCUT2D eigenvalue weighted by molar-refractivity contribution is -0.121. The van der Waals surface area contributed by atoms with Gasteiger partial charge in [-0.2, -0.15) is 0 Å². The third-order valence-corrected chi connectivity index (χ3v) is 3.46. The maximum absolute atomic E-state index is 11.7. The van der Waals surface area contributed by atoms with Crippen LogP contribution in [0.5, 0.6) is 0 Å². The summed E-state index contributed by atoms with van der Waals surface area (Å²) in [4.78, 5) is 11.7. The second kappa shape index (κ2) is 6.73. The fraction of sp³-hybridized carbons (Fsp3) is 0.643. The van der Waals surface area contributed by atoms with Crippen LogP contribution in [0.25, 0.3) is 0 Å². The van der Waals surface area contributed by atoms with E-state index in [-0.39, 0.29) is 11.9 Å². The molecule has 1 aliphatic rings. The topological polar surface area (TPSA) is 69.3 Å². The number of nitrogens with one attached hydrogen (secondary N) is 1. The van der Waals surface area contributed by atoms with Crippen molar-refractivity contribution in [2.24, 2.45) is 11.7 Å². The maximum Gasteiger partial charge on any atom is 0.239 e. The number of ether oxygens (including phenoxy) is 1. The minimum absolute atomic E-state index is 0.0262. The molecule has 0 saturated heterocycles. The molecule has 1 saturated carbocycles. The number of hydrogen-bond acceptors (Lipinski definition) is 3. The first-order chi connectivity index (χ1) is 9.20. The molecule has 1 aromatic heterocycles. The maximum atomic E-state index is 11.7. The van der Waals surface area contributed by atoms with Gasteiger partial charge in [-0.3, -0.25) is 4.79 Å². The molecule has 0 bridgehead atoms. The van der Waals surface area contributed by atoms with Crippen molar-refractivity contribution in [1.29, 1.82) is 0 Å². The highest BCUT2D eigenvalue weighted by molar-refractivity contribution is 5.75. The fourth-order valence-electron chi connectivity index (χ4n) is 2.15. The Bertz CT molecular complexity index is 413. The highest BCUT2D eigenvalue weighted by atomic mass is 16.5. The summed E-state index contributed by atoms with van der Waals surface area (Å²) >= 11 is 0. The molecule has 3 N–H and O–H groups in total. The first kappa shape index (κ1) is 14.1. The lowest BCUT2D eigenvalue weighted by Crippen LogP contribution is -2.28. The van der Waals surface area contributed by atoms with Gasteiger partial charge in [-0.25, -0.2) is 0 Å². The zero-order valence-corrected chi connectivity index (χ0v) is 11.5. The van der Waals surface area contributed by atoms with E-state index in [1.165, 1.54) is 12.8 Å². The number of amides is 1. The van der Waals surface area contributed by atoms with Crippen molar-refractivity contribution in [3.8, 4) is 0 Å². The molecule has 2 rings (SSSR count). The fourth-order valence-corrected chi connectivity index (χ4v) is 2.15. The Kier molecular flexibility index (Phi) is 4.99. The summed E-state index contributed by atoms with van der Waals surface area (Å²) in [6.45, 7) is 1.68. The molecule has 1 atom stereocenters. The van der Waals surface area contributed by atoms with Crippen molar-refractivity contribution < 1.29 is 9.53 Å². The Hall–Kier alpha value is -1.33. The first-order valence-corrected chi connectivity index (χ1v) is 6.87. The molecule has 0 aromatic carbocycles. The standard InChI is InChI=1S/C14H23N3O2/c1-19-8-2-6-16-13(18)10-17-7-5-12(9-17)14(15)11-3-4-11/h5,7,9,11,14H,2-4,6,8,10,15H2,1H3,(H,16,18). The van der Waals surface area contributed by atoms with Crippen LogP contribution in [0.1, 0.15) is 30.9 Å². The van der Waals surface area contributed by atoms with Gasteiger partial charge in [-0.1, -0.05) is 0 Å². The molecule has 1 amide bonds. The molecule has 19 heavy (non-hydrogen) atoms. The molecule has 0 radical (unpaired) electrons. The van der Waals surface area contributed by atoms with Crippen molar-refractivity contribution >= 4 is 5.91 Å². The molecule has 1 unspecified atom stereocenters. The smallest absolute Gasteiger partial charge is 0.239 e. The largest absolute Gasteiger partial charge is 0.385 e. The molecule has 1 heterocycles. The number of hydrogen-bond donors (Lipinski definition) is 2. The normalized spacial score (nSPS) is 16.3. The van der Waals surface area contributed by atoms with E-state index >= 15 is 0 Å². The van der Waals surface area contributed by atoms with Gasteiger partial charge in [-0.05, 0) is 36.8 Å². The highest BCUT2D eigenvalue weighted by Crippen LogP contribution is 2.39. The molecule has 1 fully saturated rings. The first-order valence-electron chi connectivity index (χ1n) is 6.87. The monoisotopic (exact) mass is 265 g/mol. The Labute approximate surface area is 114 Å². The molecule has 0 spiro atoms. The summed E-state index contributed by atoms with van der Waals surface area (Å²) in [7, 11) is 1.66. The number of rotatable bonds is 8. The number of aromatic nitrogens is 1. The van der Waals surface area contributed by atoms with Gasteiger partial charge in [0, 0.05) is 38.7 Å². The summed E-state index contributed by atoms with van der Waals surface area (Å²) in [5.41, 5.74) is 7.26. The summed E-state index contributed by atoms with van der Waals surface area (Å²) < 4.78 is 6.82. The van der Waals surface area contributed by atoms with Crippen LogP contribution in [-0.4, -0.2) is 30.7 Å². The number of carbonyl (C=O) groups is 1. The molecule has 1 aromatic rings. The predicted molar refractivity (Wildman–Crippen MR) is 73.6 cm³/mol. The Morgan fingerprint density at radius 2 is 2.42 bits per heavy atom. The van der Waals surface area contributed by atoms with Crippen molar-refractivity contribution in [3.63, 3.8) is 0 Å². The van der Waals surface area contributed by atoms with Gasteiger partial charge >= 0.3 is 0 Å². The van der Waals surface area contributed by atoms with Crippen LogP contribution in [0.4, 0.5) is 0 Å². The second-order valence-electron chi connectivity index (χ2n) is 5.18. The van der Waals surface area contributed by atoms with Crippen LogP contribution in [0, 0.1) is 5.92 Å². The third kappa shape index (κ3) is 4.36. The Morgan fingerprint density at radius 3 is 3.11 bits per heavy atom. The van der Waals surface area contributed by atoms with Gasteiger partial charge < -0.3 is 20.4 Å². The molecule has 5 nitrogen and oxygen atoms in total. The highest BCUT2D eigenvalue weighted by Gasteiger charge is 2.29. The summed E-state index contributed by atoms with van der Waals surface area (Å²) in [5, 5.41) is 2.87. The molecule has 1 aliphatic carbocycles. The van der Waals surface area contributed by atoms with E-state index in [0.29, 0.717) is 25.6 Å². The number of nitrogens with zero attached hydrogens (tertiary/aromatic N) is 1. The van der Waals surface area contributed by atoms with Gasteiger partial charge in [0.2, 0.25) is 5.91 Å². The van der Waals surface area contributed by atoms with Crippen molar-refractivity contribution in [3.05, 3.63) is 24.0 Å². The van der Waals surface area contributed by atoms with E-state index < -0.39 is 0 Å². The predicted octanol–water partition coefficient (Wildman–Crippen LogP) is 1.05. The summed E-state index contributed by atoms with van der Waals surface area (Å²) in [5.74, 6) is 0.664. The van der Waals surface area contributed by atoms with E-state index in [0.717, 1.165) is 12.0 Å². The van der Waals surface area contributed by atoms with E-state index in [1.807, 2.05) is 23.0 Å². The lowest BCUT2D eigenvalue weighted by Gasteiger charge is -2.08. The van der Waals surface area contributed by atoms with Crippen LogP contribution in [0.15, 0.2) is 18.5 Å². The van der Waals surface area contributed by atoms with E-state index in [9.17, 15) is 4.79 Å². The quantitative estimate of drug-likeness (QED) is 0.690. The van der Waals surface area contributed by atoms with Gasteiger partial charge in [0.25, 0.3) is 0 Å². The van der Waals surface area contributed by atoms with Crippen LogP contribution in [0.2, 0.25) is 0 Å². The van der Waals surface area contributed by atoms with Crippen molar-refractivity contribution in [1.82, 2.24) is 9.88 Å². The van der Waals surface area contributed by atoms with E-state index in [1.54, 1.807) is 7.11 Å². The molecular formula is C14H23N3O2. The summed E-state index contributed by atoms with van der Waals surface area (Å²) in [6, 6.07) is 2.15. The van der Waals surface area contributed by atoms with E-state index in [2.05, 4.69) is 5.32 Å². The number of nitrogens with two attached hydrogens (primary N) is 1. The average Bonchev–Trinajstić information content (AvgIpc) is 3.15. The van der Waals surface area contributed by atoms with Gasteiger partial charge in [0.05, 0.1) is 0 Å². The second-order valence-corrected chi connectivity index (χ2v) is 5.18. The van der Waals surface area contributed by atoms with E-state index in [4.69, 9.17) is 10.5 Å². The lowest BCUT2D eigenvalue weighted by atomic mass is 10.1. The zero-order chi connectivity index (χ0) is 13.7. The molecule has 5 heteroatoms. The van der Waals surface area contributed by atoms with Gasteiger partial charge in [-0.15, -0.1) is 0 Å². The van der Waals surface area contributed by atoms with Crippen LogP contribution in [-0.2, 0) is 16.1 Å². The molecule has 0 aliphatic heterocycles. The number of carbonyl (C=O) groups excluding carboxylic acids is 1. The number of methoxy groups -OCH3 is 1. The van der Waals surface area contributed by atoms with Crippen LogP contribution >= 0.6 is 0 Å².